The number of halogens is 1. The van der Waals surface area contributed by atoms with Gasteiger partial charge in [0.05, 0.1) is 24.2 Å². The van der Waals surface area contributed by atoms with Crippen LogP contribution in [0, 0.1) is 0 Å². The maximum atomic E-state index is 12.7. The van der Waals surface area contributed by atoms with E-state index in [4.69, 9.17) is 25.8 Å². The Hall–Kier alpha value is -2.55. The van der Waals surface area contributed by atoms with Crippen LogP contribution in [0.3, 0.4) is 0 Å². The molecule has 2 heterocycles. The highest BCUT2D eigenvalue weighted by atomic mass is 35.5. The number of ether oxygens (including phenoxy) is 3. The van der Waals surface area contributed by atoms with E-state index < -0.39 is 0 Å². The lowest BCUT2D eigenvalue weighted by atomic mass is 10.1. The van der Waals surface area contributed by atoms with E-state index in [0.29, 0.717) is 33.8 Å². The van der Waals surface area contributed by atoms with Crippen LogP contribution < -0.4 is 14.8 Å². The van der Waals surface area contributed by atoms with Crippen molar-refractivity contribution in [1.82, 2.24) is 15.1 Å². The van der Waals surface area contributed by atoms with Gasteiger partial charge in [0.15, 0.2) is 0 Å². The molecule has 1 amide bonds. The zero-order valence-corrected chi connectivity index (χ0v) is 18.1. The Kier molecular flexibility index (Phi) is 6.79. The van der Waals surface area contributed by atoms with Gasteiger partial charge in [0.1, 0.15) is 23.3 Å². The smallest absolute Gasteiger partial charge is 0.269 e. The van der Waals surface area contributed by atoms with Gasteiger partial charge in [-0.2, -0.15) is 5.10 Å². The topological polar surface area (TPSA) is 74.6 Å². The van der Waals surface area contributed by atoms with Crippen LogP contribution >= 0.6 is 22.9 Å². The summed E-state index contributed by atoms with van der Waals surface area (Å²) in [7, 11) is 6.50. The van der Waals surface area contributed by atoms with E-state index in [1.165, 1.54) is 16.0 Å². The van der Waals surface area contributed by atoms with Crippen molar-refractivity contribution in [3.8, 4) is 22.8 Å². The van der Waals surface area contributed by atoms with E-state index in [0.717, 1.165) is 10.4 Å². The summed E-state index contributed by atoms with van der Waals surface area (Å²) in [5.41, 5.74) is 1.77. The molecule has 1 aromatic carbocycles. The van der Waals surface area contributed by atoms with Crippen LogP contribution in [0.4, 0.5) is 0 Å². The summed E-state index contributed by atoms with van der Waals surface area (Å²) < 4.78 is 18.4. The molecule has 0 saturated carbocycles. The molecule has 0 spiro atoms. The first-order valence-electron chi connectivity index (χ1n) is 8.79. The van der Waals surface area contributed by atoms with Crippen LogP contribution in [0.25, 0.3) is 11.3 Å². The standard InChI is InChI=1S/C20H22ClN3O4S/c1-24-15(20(25)22-11-17(28-4)18-7-8-19(21)29-18)10-14(23-24)13-9-12(26-2)5-6-16(13)27-3/h5-10,17H,11H2,1-4H3,(H,22,25)/t17-/m0/s1. The van der Waals surface area contributed by atoms with Gasteiger partial charge in [0.25, 0.3) is 5.91 Å². The Labute approximate surface area is 178 Å². The lowest BCUT2D eigenvalue weighted by Gasteiger charge is -2.14. The van der Waals surface area contributed by atoms with Crippen molar-refractivity contribution in [2.45, 2.75) is 6.10 Å². The summed E-state index contributed by atoms with van der Waals surface area (Å²) in [6.45, 7) is 0.315. The Morgan fingerprint density at radius 3 is 2.62 bits per heavy atom. The number of carbonyl (C=O) groups is 1. The van der Waals surface area contributed by atoms with E-state index in [9.17, 15) is 4.79 Å². The molecule has 2 aromatic heterocycles. The summed E-state index contributed by atoms with van der Waals surface area (Å²) in [6, 6.07) is 10.9. The van der Waals surface area contributed by atoms with Crippen molar-refractivity contribution in [2.24, 2.45) is 7.05 Å². The van der Waals surface area contributed by atoms with Crippen molar-refractivity contribution >= 4 is 28.8 Å². The molecule has 3 rings (SSSR count). The molecule has 0 aliphatic rings. The fourth-order valence-electron chi connectivity index (χ4n) is 2.90. The number of nitrogens with zero attached hydrogens (tertiary/aromatic N) is 2. The predicted octanol–water partition coefficient (Wildman–Crippen LogP) is 3.94. The van der Waals surface area contributed by atoms with Crippen molar-refractivity contribution in [2.75, 3.05) is 27.9 Å². The number of hydrogen-bond acceptors (Lipinski definition) is 6. The zero-order valence-electron chi connectivity index (χ0n) is 16.6. The second kappa shape index (κ2) is 9.30. The first-order valence-corrected chi connectivity index (χ1v) is 9.99. The van der Waals surface area contributed by atoms with E-state index in [2.05, 4.69) is 10.4 Å². The number of benzene rings is 1. The Bertz CT molecular complexity index is 1000. The molecule has 0 aliphatic carbocycles. The third kappa shape index (κ3) is 4.72. The van der Waals surface area contributed by atoms with Crippen LogP contribution in [-0.2, 0) is 11.8 Å². The van der Waals surface area contributed by atoms with E-state index in [-0.39, 0.29) is 12.0 Å². The normalized spacial score (nSPS) is 11.9. The molecule has 1 atom stereocenters. The number of rotatable bonds is 8. The largest absolute Gasteiger partial charge is 0.497 e. The molecule has 0 bridgehead atoms. The highest BCUT2D eigenvalue weighted by Gasteiger charge is 2.19. The molecule has 29 heavy (non-hydrogen) atoms. The first-order chi connectivity index (χ1) is 14.0. The fraction of sp³-hybridized carbons (Fsp3) is 0.300. The molecule has 154 valence electrons. The lowest BCUT2D eigenvalue weighted by Crippen LogP contribution is -2.30. The minimum Gasteiger partial charge on any atom is -0.497 e. The molecular formula is C20H22ClN3O4S. The van der Waals surface area contributed by atoms with Gasteiger partial charge in [0, 0.05) is 31.1 Å². The van der Waals surface area contributed by atoms with Crippen molar-refractivity contribution in [3.05, 3.63) is 51.3 Å². The number of carbonyl (C=O) groups excluding carboxylic acids is 1. The Morgan fingerprint density at radius 2 is 2.00 bits per heavy atom. The van der Waals surface area contributed by atoms with E-state index >= 15 is 0 Å². The van der Waals surface area contributed by atoms with E-state index in [1.54, 1.807) is 46.6 Å². The summed E-state index contributed by atoms with van der Waals surface area (Å²) in [6.07, 6.45) is -0.275. The van der Waals surface area contributed by atoms with Gasteiger partial charge < -0.3 is 19.5 Å². The Balaban J connectivity index is 1.78. The molecule has 3 aromatic rings. The van der Waals surface area contributed by atoms with Crippen LogP contribution in [0.2, 0.25) is 4.34 Å². The average Bonchev–Trinajstić information content (AvgIpc) is 3.33. The summed E-state index contributed by atoms with van der Waals surface area (Å²) in [4.78, 5) is 13.7. The van der Waals surface area contributed by atoms with Gasteiger partial charge in [-0.1, -0.05) is 11.6 Å². The fourth-order valence-corrected chi connectivity index (χ4v) is 4.04. The van der Waals surface area contributed by atoms with Gasteiger partial charge in [-0.3, -0.25) is 9.48 Å². The van der Waals surface area contributed by atoms with Crippen molar-refractivity contribution < 1.29 is 19.0 Å². The third-order valence-corrected chi connectivity index (χ3v) is 5.76. The number of amides is 1. The predicted molar refractivity (Wildman–Crippen MR) is 113 cm³/mol. The maximum absolute atomic E-state index is 12.7. The summed E-state index contributed by atoms with van der Waals surface area (Å²) in [5.74, 6) is 1.07. The van der Waals surface area contributed by atoms with Gasteiger partial charge in [-0.25, -0.2) is 0 Å². The molecule has 0 fully saturated rings. The number of methoxy groups -OCH3 is 3. The highest BCUT2D eigenvalue weighted by Crippen LogP contribution is 2.33. The zero-order chi connectivity index (χ0) is 21.0. The monoisotopic (exact) mass is 435 g/mol. The molecule has 0 radical (unpaired) electrons. The average molecular weight is 436 g/mol. The minimum atomic E-state index is -0.275. The van der Waals surface area contributed by atoms with Gasteiger partial charge in [-0.15, -0.1) is 11.3 Å². The number of aromatic nitrogens is 2. The molecule has 0 saturated heterocycles. The minimum absolute atomic E-state index is 0.252. The van der Waals surface area contributed by atoms with Crippen LogP contribution in [0.1, 0.15) is 21.5 Å². The van der Waals surface area contributed by atoms with Gasteiger partial charge in [0.2, 0.25) is 0 Å². The van der Waals surface area contributed by atoms with E-state index in [1.807, 2.05) is 18.2 Å². The van der Waals surface area contributed by atoms with Crippen LogP contribution in [0.5, 0.6) is 11.5 Å². The second-order valence-corrected chi connectivity index (χ2v) is 7.93. The molecular weight excluding hydrogens is 414 g/mol. The quantitative estimate of drug-likeness (QED) is 0.580. The van der Waals surface area contributed by atoms with Gasteiger partial charge >= 0.3 is 0 Å². The summed E-state index contributed by atoms with van der Waals surface area (Å²) in [5, 5.41) is 7.37. The number of aryl methyl sites for hydroxylation is 1. The van der Waals surface area contributed by atoms with Crippen molar-refractivity contribution in [1.29, 1.82) is 0 Å². The van der Waals surface area contributed by atoms with Crippen molar-refractivity contribution in [3.63, 3.8) is 0 Å². The highest BCUT2D eigenvalue weighted by molar-refractivity contribution is 7.16. The molecule has 7 nitrogen and oxygen atoms in total. The number of hydrogen-bond donors (Lipinski definition) is 1. The molecule has 1 N–H and O–H groups in total. The van der Waals surface area contributed by atoms with Crippen LogP contribution in [-0.4, -0.2) is 43.6 Å². The first kappa shape index (κ1) is 21.2. The number of thiophene rings is 1. The molecule has 0 unspecified atom stereocenters. The lowest BCUT2D eigenvalue weighted by molar-refractivity contribution is 0.0830. The summed E-state index contributed by atoms with van der Waals surface area (Å²) >= 11 is 7.42. The van der Waals surface area contributed by atoms with Gasteiger partial charge in [-0.05, 0) is 36.4 Å². The second-order valence-electron chi connectivity index (χ2n) is 6.18. The SMILES string of the molecule is COc1ccc(OC)c(-c2cc(C(=O)NC[C@H](OC)c3ccc(Cl)s3)n(C)n2)c1. The molecule has 9 heteroatoms. The van der Waals surface area contributed by atoms with Crippen LogP contribution in [0.15, 0.2) is 36.4 Å². The Morgan fingerprint density at radius 1 is 1.21 bits per heavy atom. The molecule has 0 aliphatic heterocycles. The maximum Gasteiger partial charge on any atom is 0.269 e. The third-order valence-electron chi connectivity index (χ3n) is 4.44. The number of nitrogens with one attached hydrogen (secondary N) is 1.